The Labute approximate surface area is 97.1 Å². The molecule has 0 unspecified atom stereocenters. The average Bonchev–Trinajstić information content (AvgIpc) is 2.15. The monoisotopic (exact) mass is 274 g/mol. The molecule has 0 heterocycles. The second-order valence-corrected chi connectivity index (χ2v) is 3.93. The lowest BCUT2D eigenvalue weighted by molar-refractivity contribution is -0.138. The van der Waals surface area contributed by atoms with Gasteiger partial charge in [-0.15, -0.1) is 0 Å². The van der Waals surface area contributed by atoms with Crippen LogP contribution >= 0.6 is 33.3 Å². The van der Waals surface area contributed by atoms with E-state index >= 15 is 0 Å². The summed E-state index contributed by atoms with van der Waals surface area (Å²) in [6, 6.07) is 3.24. The first-order chi connectivity index (χ1) is 6.88. The summed E-state index contributed by atoms with van der Waals surface area (Å²) < 4.78 is 37.4. The summed E-state index contributed by atoms with van der Waals surface area (Å²) in [7, 11) is 5.86. The van der Waals surface area contributed by atoms with Gasteiger partial charge in [-0.3, -0.25) is 4.79 Å². The van der Waals surface area contributed by atoms with Gasteiger partial charge < -0.3 is 0 Å². The molecule has 0 saturated carbocycles. The standard InChI is InChI=1S/C8H3Cl2F3OS/c9-7(14)6-4(8(11,12)13)2-1-3-5(6)15-10/h1-3H. The minimum absolute atomic E-state index is 0.00788. The Kier molecular flexibility index (Phi) is 3.92. The van der Waals surface area contributed by atoms with Gasteiger partial charge >= 0.3 is 6.18 Å². The fourth-order valence-corrected chi connectivity index (χ4v) is 2.09. The normalized spacial score (nSPS) is 11.5. The highest BCUT2D eigenvalue weighted by molar-refractivity contribution is 8.21. The van der Waals surface area contributed by atoms with E-state index in [9.17, 15) is 18.0 Å². The van der Waals surface area contributed by atoms with Gasteiger partial charge in [-0.05, 0) is 45.4 Å². The van der Waals surface area contributed by atoms with Gasteiger partial charge in [0.25, 0.3) is 5.24 Å². The number of hydrogen-bond acceptors (Lipinski definition) is 2. The number of hydrogen-bond donors (Lipinski definition) is 0. The molecule has 0 saturated heterocycles. The Morgan fingerprint density at radius 2 is 1.93 bits per heavy atom. The summed E-state index contributed by atoms with van der Waals surface area (Å²) >= 11 is 5.09. The van der Waals surface area contributed by atoms with Crippen LogP contribution in [0.25, 0.3) is 0 Å². The Balaban J connectivity index is 3.46. The summed E-state index contributed by atoms with van der Waals surface area (Å²) in [6.07, 6.45) is -4.62. The maximum atomic E-state index is 12.5. The lowest BCUT2D eigenvalue weighted by atomic mass is 10.1. The first-order valence-electron chi connectivity index (χ1n) is 3.56. The average molecular weight is 275 g/mol. The summed E-state index contributed by atoms with van der Waals surface area (Å²) in [6.45, 7) is 0. The van der Waals surface area contributed by atoms with Gasteiger partial charge in [0.1, 0.15) is 0 Å². The van der Waals surface area contributed by atoms with Crippen molar-refractivity contribution in [3.8, 4) is 0 Å². The quantitative estimate of drug-likeness (QED) is 0.747. The van der Waals surface area contributed by atoms with E-state index in [4.69, 9.17) is 22.3 Å². The second-order valence-electron chi connectivity index (χ2n) is 2.53. The van der Waals surface area contributed by atoms with Gasteiger partial charge in [0, 0.05) is 4.90 Å². The van der Waals surface area contributed by atoms with Gasteiger partial charge in [0.2, 0.25) is 0 Å². The highest BCUT2D eigenvalue weighted by atomic mass is 35.7. The van der Waals surface area contributed by atoms with Crippen LogP contribution in [0.5, 0.6) is 0 Å². The molecule has 1 nitrogen and oxygen atoms in total. The number of benzene rings is 1. The van der Waals surface area contributed by atoms with E-state index in [1.165, 1.54) is 6.07 Å². The highest BCUT2D eigenvalue weighted by Gasteiger charge is 2.36. The van der Waals surface area contributed by atoms with Crippen molar-refractivity contribution in [2.45, 2.75) is 11.1 Å². The van der Waals surface area contributed by atoms with Crippen molar-refractivity contribution in [2.75, 3.05) is 0 Å². The molecule has 0 bridgehead atoms. The molecule has 82 valence electrons. The molecular weight excluding hydrogens is 272 g/mol. The SMILES string of the molecule is O=C(Cl)c1c(SCl)cccc1C(F)(F)F. The zero-order valence-electron chi connectivity index (χ0n) is 6.94. The van der Waals surface area contributed by atoms with Crippen LogP contribution in [0.15, 0.2) is 23.1 Å². The number of rotatable bonds is 2. The van der Waals surface area contributed by atoms with E-state index < -0.39 is 22.5 Å². The zero-order valence-corrected chi connectivity index (χ0v) is 9.27. The van der Waals surface area contributed by atoms with Crippen LogP contribution in [0, 0.1) is 0 Å². The molecule has 0 aliphatic carbocycles. The first-order valence-corrected chi connectivity index (χ1v) is 5.58. The van der Waals surface area contributed by atoms with Crippen LogP contribution in [0.2, 0.25) is 0 Å². The van der Waals surface area contributed by atoms with E-state index in [0.717, 1.165) is 12.1 Å². The Bertz CT molecular complexity index is 392. The van der Waals surface area contributed by atoms with Crippen molar-refractivity contribution in [3.63, 3.8) is 0 Å². The lowest BCUT2D eigenvalue weighted by Crippen LogP contribution is -2.11. The number of carbonyl (C=O) groups excluding carboxylic acids is 1. The van der Waals surface area contributed by atoms with Gasteiger partial charge in [-0.1, -0.05) is 6.07 Å². The van der Waals surface area contributed by atoms with Crippen molar-refractivity contribution < 1.29 is 18.0 Å². The van der Waals surface area contributed by atoms with Crippen LogP contribution < -0.4 is 0 Å². The molecule has 1 aromatic rings. The smallest absolute Gasteiger partial charge is 0.276 e. The largest absolute Gasteiger partial charge is 0.417 e. The minimum Gasteiger partial charge on any atom is -0.276 e. The summed E-state index contributed by atoms with van der Waals surface area (Å²) in [5, 5.41) is -1.17. The third kappa shape index (κ3) is 2.80. The van der Waals surface area contributed by atoms with E-state index in [1.54, 1.807) is 0 Å². The third-order valence-electron chi connectivity index (χ3n) is 1.61. The van der Waals surface area contributed by atoms with E-state index in [0.29, 0.717) is 11.0 Å². The minimum atomic E-state index is -4.62. The van der Waals surface area contributed by atoms with Crippen LogP contribution in [0.3, 0.4) is 0 Å². The summed E-state index contributed by atoms with van der Waals surface area (Å²) in [4.78, 5) is 10.9. The molecule has 0 radical (unpaired) electrons. The molecule has 15 heavy (non-hydrogen) atoms. The van der Waals surface area contributed by atoms with Crippen LogP contribution in [0.1, 0.15) is 15.9 Å². The fraction of sp³-hybridized carbons (Fsp3) is 0.125. The predicted octanol–water partition coefficient (Wildman–Crippen LogP) is 4.33. The van der Waals surface area contributed by atoms with E-state index in [-0.39, 0.29) is 4.90 Å². The van der Waals surface area contributed by atoms with E-state index in [1.807, 2.05) is 0 Å². The molecule has 0 fully saturated rings. The Morgan fingerprint density at radius 3 is 2.33 bits per heavy atom. The van der Waals surface area contributed by atoms with Crippen molar-refractivity contribution in [1.29, 1.82) is 0 Å². The molecule has 0 spiro atoms. The van der Waals surface area contributed by atoms with Crippen molar-refractivity contribution in [1.82, 2.24) is 0 Å². The number of halogens is 5. The number of alkyl halides is 3. The molecule has 0 aliphatic heterocycles. The molecule has 0 atom stereocenters. The van der Waals surface area contributed by atoms with Gasteiger partial charge in [-0.25, -0.2) is 0 Å². The molecule has 0 N–H and O–H groups in total. The molecule has 1 aromatic carbocycles. The molecule has 0 amide bonds. The Morgan fingerprint density at radius 1 is 1.33 bits per heavy atom. The highest BCUT2D eigenvalue weighted by Crippen LogP contribution is 2.38. The molecular formula is C8H3Cl2F3OS. The zero-order chi connectivity index (χ0) is 11.6. The van der Waals surface area contributed by atoms with Crippen molar-refractivity contribution >= 4 is 38.5 Å². The first kappa shape index (κ1) is 12.7. The predicted molar refractivity (Wildman–Crippen MR) is 53.3 cm³/mol. The maximum absolute atomic E-state index is 12.5. The molecule has 0 aromatic heterocycles. The lowest BCUT2D eigenvalue weighted by Gasteiger charge is -2.11. The van der Waals surface area contributed by atoms with Gasteiger partial charge in [0.15, 0.2) is 0 Å². The van der Waals surface area contributed by atoms with Crippen LogP contribution in [-0.4, -0.2) is 5.24 Å². The van der Waals surface area contributed by atoms with Crippen molar-refractivity contribution in [3.05, 3.63) is 29.3 Å². The van der Waals surface area contributed by atoms with Gasteiger partial charge in [-0.2, -0.15) is 13.2 Å². The fourth-order valence-electron chi connectivity index (χ4n) is 1.03. The van der Waals surface area contributed by atoms with Crippen LogP contribution in [-0.2, 0) is 6.18 Å². The molecule has 0 aliphatic rings. The number of carbonyl (C=O) groups is 1. The van der Waals surface area contributed by atoms with Crippen LogP contribution in [0.4, 0.5) is 13.2 Å². The third-order valence-corrected chi connectivity index (χ3v) is 2.81. The van der Waals surface area contributed by atoms with Gasteiger partial charge in [0.05, 0.1) is 11.1 Å². The summed E-state index contributed by atoms with van der Waals surface area (Å²) in [5.41, 5.74) is -1.68. The van der Waals surface area contributed by atoms with Crippen molar-refractivity contribution in [2.24, 2.45) is 0 Å². The second kappa shape index (κ2) is 4.63. The molecule has 7 heteroatoms. The Hall–Kier alpha value is -0.390. The van der Waals surface area contributed by atoms with E-state index in [2.05, 4.69) is 0 Å². The topological polar surface area (TPSA) is 17.1 Å². The molecule has 1 rings (SSSR count). The summed E-state index contributed by atoms with van der Waals surface area (Å²) in [5.74, 6) is 0. The maximum Gasteiger partial charge on any atom is 0.417 e.